The van der Waals surface area contributed by atoms with Crippen molar-refractivity contribution in [1.82, 2.24) is 0 Å². The monoisotopic (exact) mass is 446 g/mol. The Hall–Kier alpha value is -4.00. The molecule has 0 aliphatic carbocycles. The summed E-state index contributed by atoms with van der Waals surface area (Å²) in [6, 6.07) is 20.4. The molecule has 0 saturated heterocycles. The Balaban J connectivity index is 1.37. The Bertz CT molecular complexity index is 1130. The molecule has 0 unspecified atom stereocenters. The molecule has 1 aliphatic heterocycles. The second kappa shape index (κ2) is 10.1. The molecule has 4 rings (SSSR count). The predicted molar refractivity (Wildman–Crippen MR) is 126 cm³/mol. The lowest BCUT2D eigenvalue weighted by Gasteiger charge is -2.29. The van der Waals surface area contributed by atoms with Gasteiger partial charge in [0.25, 0.3) is 11.8 Å². The molecule has 3 aromatic rings. The number of hydrogen-bond donors (Lipinski definition) is 1. The number of carbonyl (C=O) groups excluding carboxylic acids is 2. The second-order valence-corrected chi connectivity index (χ2v) is 7.83. The van der Waals surface area contributed by atoms with Crippen LogP contribution >= 0.6 is 0 Å². The highest BCUT2D eigenvalue weighted by molar-refractivity contribution is 5.99. The van der Waals surface area contributed by atoms with Crippen molar-refractivity contribution < 1.29 is 23.8 Å². The maximum atomic E-state index is 12.5. The molecule has 0 aromatic heterocycles. The number of aryl methyl sites for hydroxylation is 2. The van der Waals surface area contributed by atoms with Crippen molar-refractivity contribution in [2.75, 3.05) is 36.6 Å². The Morgan fingerprint density at radius 3 is 2.24 bits per heavy atom. The fraction of sp³-hybridized carbons (Fsp3) is 0.231. The molecule has 0 bridgehead atoms. The quantitative estimate of drug-likeness (QED) is 0.563. The van der Waals surface area contributed by atoms with Gasteiger partial charge in [-0.3, -0.25) is 9.59 Å². The summed E-state index contributed by atoms with van der Waals surface area (Å²) in [6.45, 7) is 4.53. The maximum absolute atomic E-state index is 12.5. The number of nitrogens with one attached hydrogen (secondary N) is 1. The minimum Gasteiger partial charge on any atom is -0.492 e. The van der Waals surface area contributed by atoms with E-state index in [1.807, 2.05) is 62.4 Å². The van der Waals surface area contributed by atoms with Gasteiger partial charge in [0, 0.05) is 5.69 Å². The SMILES string of the molecule is Cc1ccc(OCCN2C(=O)COc3ccc(NC(=O)COc4ccc(C)cc4)cc32)cc1. The number of carbonyl (C=O) groups is 2. The van der Waals surface area contributed by atoms with E-state index in [2.05, 4.69) is 5.32 Å². The number of anilines is 2. The van der Waals surface area contributed by atoms with Crippen molar-refractivity contribution in [2.24, 2.45) is 0 Å². The molecule has 0 saturated carbocycles. The van der Waals surface area contributed by atoms with E-state index in [4.69, 9.17) is 14.2 Å². The van der Waals surface area contributed by atoms with E-state index in [-0.39, 0.29) is 25.0 Å². The number of nitrogens with zero attached hydrogens (tertiary/aromatic N) is 1. The highest BCUT2D eigenvalue weighted by Gasteiger charge is 2.26. The number of fused-ring (bicyclic) bond motifs is 1. The number of benzene rings is 3. The maximum Gasteiger partial charge on any atom is 0.265 e. The summed E-state index contributed by atoms with van der Waals surface area (Å²) in [6.07, 6.45) is 0. The number of rotatable bonds is 8. The van der Waals surface area contributed by atoms with Crippen LogP contribution < -0.4 is 24.4 Å². The van der Waals surface area contributed by atoms with E-state index in [1.165, 1.54) is 0 Å². The van der Waals surface area contributed by atoms with Crippen LogP contribution in [0.15, 0.2) is 66.7 Å². The Morgan fingerprint density at radius 1 is 0.939 bits per heavy atom. The number of hydrogen-bond acceptors (Lipinski definition) is 5. The lowest BCUT2D eigenvalue weighted by atomic mass is 10.2. The van der Waals surface area contributed by atoms with Crippen LogP contribution in [0.25, 0.3) is 0 Å². The van der Waals surface area contributed by atoms with Crippen molar-refractivity contribution in [3.8, 4) is 17.2 Å². The number of ether oxygens (including phenoxy) is 3. The second-order valence-electron chi connectivity index (χ2n) is 7.83. The van der Waals surface area contributed by atoms with E-state index in [1.54, 1.807) is 23.1 Å². The number of amides is 2. The zero-order valence-corrected chi connectivity index (χ0v) is 18.7. The van der Waals surface area contributed by atoms with Gasteiger partial charge in [-0.1, -0.05) is 35.4 Å². The minimum atomic E-state index is -0.298. The van der Waals surface area contributed by atoms with Crippen molar-refractivity contribution in [3.63, 3.8) is 0 Å². The summed E-state index contributed by atoms with van der Waals surface area (Å²) in [7, 11) is 0. The highest BCUT2D eigenvalue weighted by atomic mass is 16.5. The van der Waals surface area contributed by atoms with Crippen LogP contribution in [0.3, 0.4) is 0 Å². The topological polar surface area (TPSA) is 77.1 Å². The Labute approximate surface area is 192 Å². The first-order valence-electron chi connectivity index (χ1n) is 10.7. The van der Waals surface area contributed by atoms with Crippen LogP contribution in [0.4, 0.5) is 11.4 Å². The summed E-state index contributed by atoms with van der Waals surface area (Å²) in [5, 5.41) is 2.81. The molecule has 0 spiro atoms. The van der Waals surface area contributed by atoms with Crippen molar-refractivity contribution in [1.29, 1.82) is 0 Å². The van der Waals surface area contributed by atoms with Gasteiger partial charge in [0.2, 0.25) is 0 Å². The van der Waals surface area contributed by atoms with E-state index in [0.29, 0.717) is 36.0 Å². The average Bonchev–Trinajstić information content (AvgIpc) is 2.81. The van der Waals surface area contributed by atoms with Crippen LogP contribution in [0, 0.1) is 13.8 Å². The third kappa shape index (κ3) is 5.83. The van der Waals surface area contributed by atoms with Gasteiger partial charge in [-0.15, -0.1) is 0 Å². The van der Waals surface area contributed by atoms with Crippen molar-refractivity contribution >= 4 is 23.2 Å². The van der Waals surface area contributed by atoms with Crippen LogP contribution in [-0.2, 0) is 9.59 Å². The summed E-state index contributed by atoms with van der Waals surface area (Å²) < 4.78 is 16.9. The average molecular weight is 447 g/mol. The standard InChI is InChI=1S/C26H26N2O5/c1-18-3-8-21(9-4-18)31-14-13-28-23-15-20(7-12-24(23)33-17-26(28)30)27-25(29)16-32-22-10-5-19(2)6-11-22/h3-12,15H,13-14,16-17H2,1-2H3,(H,27,29). The molecule has 1 heterocycles. The minimum absolute atomic E-state index is 0.0341. The van der Waals surface area contributed by atoms with E-state index in [9.17, 15) is 9.59 Å². The zero-order chi connectivity index (χ0) is 23.2. The molecule has 0 atom stereocenters. The van der Waals surface area contributed by atoms with Gasteiger partial charge in [-0.2, -0.15) is 0 Å². The lowest BCUT2D eigenvalue weighted by molar-refractivity contribution is -0.121. The smallest absolute Gasteiger partial charge is 0.265 e. The molecular weight excluding hydrogens is 420 g/mol. The van der Waals surface area contributed by atoms with Gasteiger partial charge in [0.15, 0.2) is 13.2 Å². The van der Waals surface area contributed by atoms with E-state index >= 15 is 0 Å². The largest absolute Gasteiger partial charge is 0.492 e. The molecule has 0 radical (unpaired) electrons. The van der Waals surface area contributed by atoms with Gasteiger partial charge in [-0.05, 0) is 56.3 Å². The van der Waals surface area contributed by atoms with Gasteiger partial charge >= 0.3 is 0 Å². The van der Waals surface area contributed by atoms with Crippen LogP contribution in [0.2, 0.25) is 0 Å². The van der Waals surface area contributed by atoms with E-state index in [0.717, 1.165) is 16.9 Å². The van der Waals surface area contributed by atoms with Crippen molar-refractivity contribution in [2.45, 2.75) is 13.8 Å². The fourth-order valence-corrected chi connectivity index (χ4v) is 3.39. The molecule has 0 fully saturated rings. The van der Waals surface area contributed by atoms with Crippen LogP contribution in [0.1, 0.15) is 11.1 Å². The molecule has 7 nitrogen and oxygen atoms in total. The lowest BCUT2D eigenvalue weighted by Crippen LogP contribution is -2.41. The molecule has 33 heavy (non-hydrogen) atoms. The molecular formula is C26H26N2O5. The zero-order valence-electron chi connectivity index (χ0n) is 18.7. The summed E-state index contributed by atoms with van der Waals surface area (Å²) in [4.78, 5) is 26.5. The molecule has 170 valence electrons. The Kier molecular flexibility index (Phi) is 6.78. The predicted octanol–water partition coefficient (Wildman–Crippen LogP) is 4.13. The first kappa shape index (κ1) is 22.2. The third-order valence-electron chi connectivity index (χ3n) is 5.18. The Morgan fingerprint density at radius 2 is 1.58 bits per heavy atom. The van der Waals surface area contributed by atoms with Gasteiger partial charge in [0.1, 0.15) is 23.9 Å². The molecule has 2 amide bonds. The first-order valence-corrected chi connectivity index (χ1v) is 10.7. The molecule has 3 aromatic carbocycles. The van der Waals surface area contributed by atoms with Crippen LogP contribution in [0.5, 0.6) is 17.2 Å². The molecule has 7 heteroatoms. The summed E-state index contributed by atoms with van der Waals surface area (Å²) in [5.74, 6) is 1.49. The molecule has 1 aliphatic rings. The fourth-order valence-electron chi connectivity index (χ4n) is 3.39. The van der Waals surface area contributed by atoms with E-state index < -0.39 is 0 Å². The molecule has 1 N–H and O–H groups in total. The summed E-state index contributed by atoms with van der Waals surface area (Å²) >= 11 is 0. The van der Waals surface area contributed by atoms with Gasteiger partial charge in [-0.25, -0.2) is 0 Å². The summed E-state index contributed by atoms with van der Waals surface area (Å²) in [5.41, 5.74) is 3.41. The van der Waals surface area contributed by atoms with Crippen LogP contribution in [-0.4, -0.2) is 38.2 Å². The normalized spacial score (nSPS) is 12.5. The first-order chi connectivity index (χ1) is 16.0. The van der Waals surface area contributed by atoms with Crippen molar-refractivity contribution in [3.05, 3.63) is 77.9 Å². The van der Waals surface area contributed by atoms with Gasteiger partial charge < -0.3 is 24.4 Å². The van der Waals surface area contributed by atoms with Gasteiger partial charge in [0.05, 0.1) is 12.2 Å². The third-order valence-corrected chi connectivity index (χ3v) is 5.18. The highest BCUT2D eigenvalue weighted by Crippen LogP contribution is 2.34.